The van der Waals surface area contributed by atoms with E-state index in [1.165, 1.54) is 0 Å². The minimum atomic E-state index is -3.35. The van der Waals surface area contributed by atoms with E-state index >= 15 is 0 Å². The van der Waals surface area contributed by atoms with E-state index in [0.717, 1.165) is 24.8 Å². The molecule has 20 heavy (non-hydrogen) atoms. The molecule has 0 unspecified atom stereocenters. The maximum Gasteiger partial charge on any atom is 0.243 e. The van der Waals surface area contributed by atoms with Gasteiger partial charge in [0.05, 0.1) is 4.90 Å². The molecule has 0 saturated carbocycles. The molecule has 0 amide bonds. The van der Waals surface area contributed by atoms with E-state index < -0.39 is 10.0 Å². The fourth-order valence-electron chi connectivity index (χ4n) is 2.46. The van der Waals surface area contributed by atoms with Gasteiger partial charge < -0.3 is 5.32 Å². The van der Waals surface area contributed by atoms with Gasteiger partial charge in [-0.05, 0) is 24.5 Å². The standard InChI is InChI=1S/C15H24N2O2S/c1-13(2)16-12-14-8-4-5-9-15(14)20(18,19)17-10-6-3-7-11-17/h4-5,8-9,13,16H,3,6-7,10-12H2,1-2H3. The molecule has 1 aliphatic rings. The smallest absolute Gasteiger partial charge is 0.243 e. The maximum atomic E-state index is 12.8. The van der Waals surface area contributed by atoms with Crippen molar-refractivity contribution in [1.29, 1.82) is 0 Å². The van der Waals surface area contributed by atoms with Gasteiger partial charge in [-0.3, -0.25) is 0 Å². The Kier molecular flexibility index (Phi) is 5.18. The molecule has 1 saturated heterocycles. The van der Waals surface area contributed by atoms with Crippen molar-refractivity contribution in [1.82, 2.24) is 9.62 Å². The molecular formula is C15H24N2O2S. The fraction of sp³-hybridized carbons (Fsp3) is 0.600. The molecule has 0 radical (unpaired) electrons. The summed E-state index contributed by atoms with van der Waals surface area (Å²) in [5, 5.41) is 3.29. The molecule has 112 valence electrons. The van der Waals surface area contributed by atoms with Gasteiger partial charge in [-0.1, -0.05) is 38.5 Å². The Bertz CT molecular complexity index is 535. The van der Waals surface area contributed by atoms with Gasteiger partial charge in [0.15, 0.2) is 0 Å². The average Bonchev–Trinajstić information content (AvgIpc) is 2.46. The summed E-state index contributed by atoms with van der Waals surface area (Å²) in [6.07, 6.45) is 3.06. The lowest BCUT2D eigenvalue weighted by Gasteiger charge is -2.27. The maximum absolute atomic E-state index is 12.8. The number of sulfonamides is 1. The van der Waals surface area contributed by atoms with Crippen LogP contribution in [-0.4, -0.2) is 31.9 Å². The lowest BCUT2D eigenvalue weighted by Crippen LogP contribution is -2.36. The molecule has 1 fully saturated rings. The van der Waals surface area contributed by atoms with Crippen LogP contribution in [0.25, 0.3) is 0 Å². The van der Waals surface area contributed by atoms with Crippen molar-refractivity contribution in [3.05, 3.63) is 29.8 Å². The molecule has 1 N–H and O–H groups in total. The SMILES string of the molecule is CC(C)NCc1ccccc1S(=O)(=O)N1CCCCC1. The highest BCUT2D eigenvalue weighted by Gasteiger charge is 2.27. The predicted molar refractivity (Wildman–Crippen MR) is 81.0 cm³/mol. The molecule has 0 spiro atoms. The van der Waals surface area contributed by atoms with Crippen molar-refractivity contribution in [2.24, 2.45) is 0 Å². The monoisotopic (exact) mass is 296 g/mol. The number of nitrogens with zero attached hydrogens (tertiary/aromatic N) is 1. The first kappa shape index (κ1) is 15.5. The van der Waals surface area contributed by atoms with Crippen molar-refractivity contribution >= 4 is 10.0 Å². The molecule has 0 bridgehead atoms. The van der Waals surface area contributed by atoms with E-state index in [1.54, 1.807) is 16.4 Å². The van der Waals surface area contributed by atoms with Crippen molar-refractivity contribution in [2.75, 3.05) is 13.1 Å². The van der Waals surface area contributed by atoms with Crippen LogP contribution in [0, 0.1) is 0 Å². The van der Waals surface area contributed by atoms with Crippen LogP contribution in [0.3, 0.4) is 0 Å². The predicted octanol–water partition coefficient (Wildman–Crippen LogP) is 2.36. The third kappa shape index (κ3) is 3.59. The molecule has 0 aromatic heterocycles. The molecule has 1 aliphatic heterocycles. The van der Waals surface area contributed by atoms with Crippen LogP contribution >= 0.6 is 0 Å². The largest absolute Gasteiger partial charge is 0.310 e. The highest BCUT2D eigenvalue weighted by atomic mass is 32.2. The Balaban J connectivity index is 2.26. The van der Waals surface area contributed by atoms with E-state index in [4.69, 9.17) is 0 Å². The second-order valence-electron chi connectivity index (χ2n) is 5.61. The Labute approximate surface area is 122 Å². The van der Waals surface area contributed by atoms with Gasteiger partial charge in [0.1, 0.15) is 0 Å². The van der Waals surface area contributed by atoms with Crippen LogP contribution in [0.4, 0.5) is 0 Å². The first-order valence-electron chi connectivity index (χ1n) is 7.33. The molecule has 0 atom stereocenters. The van der Waals surface area contributed by atoms with Crippen LogP contribution in [0.5, 0.6) is 0 Å². The zero-order valence-corrected chi connectivity index (χ0v) is 13.1. The summed E-state index contributed by atoms with van der Waals surface area (Å²) in [5.74, 6) is 0. The number of hydrogen-bond donors (Lipinski definition) is 1. The number of rotatable bonds is 5. The summed E-state index contributed by atoms with van der Waals surface area (Å²) in [5.41, 5.74) is 0.853. The van der Waals surface area contributed by atoms with Crippen molar-refractivity contribution in [2.45, 2.75) is 50.6 Å². The second-order valence-corrected chi connectivity index (χ2v) is 7.51. The topological polar surface area (TPSA) is 49.4 Å². The van der Waals surface area contributed by atoms with Crippen LogP contribution in [0.1, 0.15) is 38.7 Å². The third-order valence-electron chi connectivity index (χ3n) is 3.61. The zero-order valence-electron chi connectivity index (χ0n) is 12.3. The average molecular weight is 296 g/mol. The van der Waals surface area contributed by atoms with E-state index in [2.05, 4.69) is 19.2 Å². The van der Waals surface area contributed by atoms with Gasteiger partial charge in [-0.15, -0.1) is 0 Å². The molecule has 5 heteroatoms. The summed E-state index contributed by atoms with van der Waals surface area (Å²) in [4.78, 5) is 0.454. The quantitative estimate of drug-likeness (QED) is 0.907. The summed E-state index contributed by atoms with van der Waals surface area (Å²) in [6.45, 7) is 5.99. The van der Waals surface area contributed by atoms with Gasteiger partial charge in [0.2, 0.25) is 10.0 Å². The van der Waals surface area contributed by atoms with Gasteiger partial charge >= 0.3 is 0 Å². The molecule has 0 aliphatic carbocycles. The van der Waals surface area contributed by atoms with E-state index in [1.807, 2.05) is 12.1 Å². The summed E-state index contributed by atoms with van der Waals surface area (Å²) in [6, 6.07) is 7.65. The first-order valence-corrected chi connectivity index (χ1v) is 8.77. The summed E-state index contributed by atoms with van der Waals surface area (Å²) >= 11 is 0. The Hall–Kier alpha value is -0.910. The van der Waals surface area contributed by atoms with Crippen LogP contribution < -0.4 is 5.32 Å². The number of piperidine rings is 1. The lowest BCUT2D eigenvalue weighted by molar-refractivity contribution is 0.346. The Morgan fingerprint density at radius 1 is 1.15 bits per heavy atom. The molecule has 1 aromatic carbocycles. The van der Waals surface area contributed by atoms with E-state index in [-0.39, 0.29) is 0 Å². The van der Waals surface area contributed by atoms with Gasteiger partial charge in [0.25, 0.3) is 0 Å². The van der Waals surface area contributed by atoms with Crippen molar-refractivity contribution in [3.63, 3.8) is 0 Å². The minimum Gasteiger partial charge on any atom is -0.310 e. The first-order chi connectivity index (χ1) is 9.51. The van der Waals surface area contributed by atoms with E-state index in [0.29, 0.717) is 30.6 Å². The molecule has 4 nitrogen and oxygen atoms in total. The van der Waals surface area contributed by atoms with Crippen LogP contribution in [0.15, 0.2) is 29.2 Å². The molecule has 1 aromatic rings. The van der Waals surface area contributed by atoms with Crippen LogP contribution in [-0.2, 0) is 16.6 Å². The number of benzene rings is 1. The van der Waals surface area contributed by atoms with Crippen molar-refractivity contribution in [3.8, 4) is 0 Å². The lowest BCUT2D eigenvalue weighted by atomic mass is 10.2. The highest BCUT2D eigenvalue weighted by Crippen LogP contribution is 2.23. The molecule has 1 heterocycles. The Morgan fingerprint density at radius 3 is 2.45 bits per heavy atom. The van der Waals surface area contributed by atoms with Gasteiger partial charge in [0, 0.05) is 25.7 Å². The van der Waals surface area contributed by atoms with Gasteiger partial charge in [-0.2, -0.15) is 4.31 Å². The third-order valence-corrected chi connectivity index (χ3v) is 5.61. The number of nitrogens with one attached hydrogen (secondary N) is 1. The zero-order chi connectivity index (χ0) is 14.6. The summed E-state index contributed by atoms with van der Waals surface area (Å²) in [7, 11) is -3.35. The molecular weight excluding hydrogens is 272 g/mol. The van der Waals surface area contributed by atoms with Gasteiger partial charge in [-0.25, -0.2) is 8.42 Å². The number of hydrogen-bond acceptors (Lipinski definition) is 3. The van der Waals surface area contributed by atoms with Crippen LogP contribution in [0.2, 0.25) is 0 Å². The highest BCUT2D eigenvalue weighted by molar-refractivity contribution is 7.89. The van der Waals surface area contributed by atoms with Crippen molar-refractivity contribution < 1.29 is 8.42 Å². The minimum absolute atomic E-state index is 0.334. The Morgan fingerprint density at radius 2 is 1.80 bits per heavy atom. The summed E-state index contributed by atoms with van der Waals surface area (Å²) < 4.78 is 27.1. The van der Waals surface area contributed by atoms with E-state index in [9.17, 15) is 8.42 Å². The second kappa shape index (κ2) is 6.70. The normalized spacial score (nSPS) is 17.6. The molecule has 2 rings (SSSR count). The fourth-order valence-corrected chi connectivity index (χ4v) is 4.20.